The Morgan fingerprint density at radius 3 is 2.00 bits per heavy atom. The average Bonchev–Trinajstić information content (AvgIpc) is 2.36. The number of carbonyl (C=O) groups excluding carboxylic acids is 1. The van der Waals surface area contributed by atoms with Crippen LogP contribution in [-0.4, -0.2) is 28.9 Å². The smallest absolute Gasteiger partial charge is 0.253 e. The molecule has 0 aliphatic carbocycles. The van der Waals surface area contributed by atoms with Gasteiger partial charge in [-0.1, -0.05) is 38.2 Å². The van der Waals surface area contributed by atoms with Gasteiger partial charge in [0.1, 0.15) is 4.99 Å². The summed E-state index contributed by atoms with van der Waals surface area (Å²) in [5.41, 5.74) is 6.96. The Balaban J connectivity index is 2.87. The second-order valence-corrected chi connectivity index (χ2v) is 5.28. The summed E-state index contributed by atoms with van der Waals surface area (Å²) in [6.45, 7) is 6.25. The van der Waals surface area contributed by atoms with Crippen molar-refractivity contribution < 1.29 is 4.79 Å². The first kappa shape index (κ1) is 14.6. The molecule has 0 aliphatic heterocycles. The second-order valence-electron chi connectivity index (χ2n) is 4.84. The molecule has 0 aliphatic rings. The fraction of sp³-hybridized carbons (Fsp3) is 0.429. The number of rotatable bonds is 4. The first-order valence-corrected chi connectivity index (χ1v) is 6.42. The van der Waals surface area contributed by atoms with E-state index in [0.717, 1.165) is 5.56 Å². The highest BCUT2D eigenvalue weighted by molar-refractivity contribution is 7.80. The van der Waals surface area contributed by atoms with E-state index >= 15 is 0 Å². The van der Waals surface area contributed by atoms with Crippen LogP contribution in [0.2, 0.25) is 0 Å². The van der Waals surface area contributed by atoms with Gasteiger partial charge in [0.2, 0.25) is 0 Å². The third kappa shape index (κ3) is 3.29. The normalized spacial score (nSPS) is 12.3. The summed E-state index contributed by atoms with van der Waals surface area (Å²) in [6.07, 6.45) is 0. The summed E-state index contributed by atoms with van der Waals surface area (Å²) in [5, 5.41) is 0. The van der Waals surface area contributed by atoms with Crippen LogP contribution < -0.4 is 5.73 Å². The molecule has 0 spiro atoms. The lowest BCUT2D eigenvalue weighted by molar-refractivity contribution is 0.0707. The van der Waals surface area contributed by atoms with Crippen molar-refractivity contribution in [1.29, 1.82) is 0 Å². The van der Waals surface area contributed by atoms with Gasteiger partial charge in [0.05, 0.1) is 0 Å². The number of thiocarbonyl (C=S) groups is 1. The summed E-state index contributed by atoms with van der Waals surface area (Å²) in [6, 6.07) is 7.29. The van der Waals surface area contributed by atoms with Crippen molar-refractivity contribution in [3.8, 4) is 0 Å². The molecular formula is C14H20N2OS. The number of nitrogens with two attached hydrogens (primary N) is 1. The van der Waals surface area contributed by atoms with E-state index in [9.17, 15) is 4.79 Å². The van der Waals surface area contributed by atoms with Crippen LogP contribution in [-0.2, 0) is 0 Å². The van der Waals surface area contributed by atoms with Crippen LogP contribution in [0.4, 0.5) is 0 Å². The van der Waals surface area contributed by atoms with Crippen LogP contribution in [0.25, 0.3) is 0 Å². The van der Waals surface area contributed by atoms with Crippen LogP contribution in [0.1, 0.15) is 36.7 Å². The molecular weight excluding hydrogens is 244 g/mol. The zero-order valence-electron chi connectivity index (χ0n) is 11.3. The quantitative estimate of drug-likeness (QED) is 0.850. The summed E-state index contributed by atoms with van der Waals surface area (Å²) < 4.78 is 0. The van der Waals surface area contributed by atoms with Crippen molar-refractivity contribution in [3.63, 3.8) is 0 Å². The van der Waals surface area contributed by atoms with E-state index in [1.807, 2.05) is 14.0 Å². The van der Waals surface area contributed by atoms with Gasteiger partial charge in [-0.25, -0.2) is 0 Å². The van der Waals surface area contributed by atoms with Crippen LogP contribution in [0.3, 0.4) is 0 Å². The zero-order chi connectivity index (χ0) is 13.9. The lowest BCUT2D eigenvalue weighted by atomic mass is 10.0. The minimum Gasteiger partial charge on any atom is -0.389 e. The van der Waals surface area contributed by atoms with Gasteiger partial charge in [0.25, 0.3) is 5.91 Å². The second kappa shape index (κ2) is 5.96. The maximum Gasteiger partial charge on any atom is 0.253 e. The molecule has 4 heteroatoms. The number of hydrogen-bond donors (Lipinski definition) is 1. The van der Waals surface area contributed by atoms with Gasteiger partial charge in [-0.2, -0.15) is 0 Å². The number of carbonyl (C=O) groups is 1. The molecule has 0 fully saturated rings. The predicted octanol–water partition coefficient (Wildman–Crippen LogP) is 2.44. The van der Waals surface area contributed by atoms with E-state index in [-0.39, 0.29) is 11.9 Å². The van der Waals surface area contributed by atoms with Gasteiger partial charge in [0.15, 0.2) is 0 Å². The van der Waals surface area contributed by atoms with Crippen molar-refractivity contribution in [2.45, 2.75) is 26.8 Å². The van der Waals surface area contributed by atoms with E-state index in [2.05, 4.69) is 13.8 Å². The molecule has 1 amide bonds. The van der Waals surface area contributed by atoms with Crippen molar-refractivity contribution >= 4 is 23.1 Å². The first-order valence-electron chi connectivity index (χ1n) is 6.01. The van der Waals surface area contributed by atoms with Gasteiger partial charge in [-0.3, -0.25) is 4.79 Å². The number of benzene rings is 1. The number of hydrogen-bond acceptors (Lipinski definition) is 2. The molecule has 0 aromatic heterocycles. The summed E-state index contributed by atoms with van der Waals surface area (Å²) >= 11 is 4.88. The van der Waals surface area contributed by atoms with E-state index in [0.29, 0.717) is 16.5 Å². The molecule has 1 aromatic carbocycles. The molecule has 2 N–H and O–H groups in total. The Kier molecular flexibility index (Phi) is 4.84. The molecule has 0 saturated carbocycles. The van der Waals surface area contributed by atoms with Gasteiger partial charge in [-0.15, -0.1) is 0 Å². The molecule has 3 nitrogen and oxygen atoms in total. The van der Waals surface area contributed by atoms with Crippen LogP contribution in [0.5, 0.6) is 0 Å². The molecule has 1 rings (SSSR count). The van der Waals surface area contributed by atoms with E-state index in [4.69, 9.17) is 18.0 Å². The molecule has 0 saturated heterocycles. The topological polar surface area (TPSA) is 46.3 Å². The molecule has 0 radical (unpaired) electrons. The molecule has 18 heavy (non-hydrogen) atoms. The summed E-state index contributed by atoms with van der Waals surface area (Å²) in [5.74, 6) is 0.445. The van der Waals surface area contributed by atoms with Crippen LogP contribution >= 0.6 is 12.2 Å². The summed E-state index contributed by atoms with van der Waals surface area (Å²) in [7, 11) is 1.83. The third-order valence-electron chi connectivity index (χ3n) is 3.31. The summed E-state index contributed by atoms with van der Waals surface area (Å²) in [4.78, 5) is 14.3. The Labute approximate surface area is 114 Å². The minimum absolute atomic E-state index is 0.0192. The Hall–Kier alpha value is -1.42. The van der Waals surface area contributed by atoms with Gasteiger partial charge in [0, 0.05) is 24.2 Å². The van der Waals surface area contributed by atoms with E-state index < -0.39 is 0 Å². The molecule has 1 atom stereocenters. The van der Waals surface area contributed by atoms with Crippen molar-refractivity contribution in [2.24, 2.45) is 11.7 Å². The largest absolute Gasteiger partial charge is 0.389 e. The first-order chi connectivity index (χ1) is 8.34. The molecule has 1 aromatic rings. The van der Waals surface area contributed by atoms with Gasteiger partial charge >= 0.3 is 0 Å². The predicted molar refractivity (Wildman–Crippen MR) is 78.7 cm³/mol. The zero-order valence-corrected chi connectivity index (χ0v) is 12.1. The maximum atomic E-state index is 12.2. The third-order valence-corrected chi connectivity index (χ3v) is 3.55. The minimum atomic E-state index is 0.0192. The Bertz CT molecular complexity index is 440. The van der Waals surface area contributed by atoms with E-state index in [1.54, 1.807) is 29.2 Å². The highest BCUT2D eigenvalue weighted by atomic mass is 32.1. The van der Waals surface area contributed by atoms with Crippen molar-refractivity contribution in [2.75, 3.05) is 7.05 Å². The molecule has 1 unspecified atom stereocenters. The van der Waals surface area contributed by atoms with Crippen molar-refractivity contribution in [3.05, 3.63) is 35.4 Å². The standard InChI is InChI=1S/C14H20N2OS/c1-9(2)10(3)16(4)14(17)12-7-5-11(6-8-12)13(15)18/h5-10H,1-4H3,(H2,15,18). The van der Waals surface area contributed by atoms with Crippen LogP contribution in [0.15, 0.2) is 24.3 Å². The monoisotopic (exact) mass is 264 g/mol. The fourth-order valence-corrected chi connectivity index (χ4v) is 1.75. The average molecular weight is 264 g/mol. The lowest BCUT2D eigenvalue weighted by Gasteiger charge is -2.28. The molecule has 0 heterocycles. The number of nitrogens with zero attached hydrogens (tertiary/aromatic N) is 1. The molecule has 0 bridgehead atoms. The molecule has 98 valence electrons. The van der Waals surface area contributed by atoms with Gasteiger partial charge < -0.3 is 10.6 Å². The fourth-order valence-electron chi connectivity index (χ4n) is 1.61. The Morgan fingerprint density at radius 2 is 1.61 bits per heavy atom. The van der Waals surface area contributed by atoms with Gasteiger partial charge in [-0.05, 0) is 25.0 Å². The highest BCUT2D eigenvalue weighted by Gasteiger charge is 2.19. The van der Waals surface area contributed by atoms with E-state index in [1.165, 1.54) is 0 Å². The number of amides is 1. The highest BCUT2D eigenvalue weighted by Crippen LogP contribution is 2.13. The van der Waals surface area contributed by atoms with Crippen LogP contribution in [0, 0.1) is 5.92 Å². The SMILES string of the molecule is CC(C)C(C)N(C)C(=O)c1ccc(C(N)=S)cc1. The van der Waals surface area contributed by atoms with Crippen molar-refractivity contribution in [1.82, 2.24) is 4.90 Å². The maximum absolute atomic E-state index is 12.2. The lowest BCUT2D eigenvalue weighted by Crippen LogP contribution is -2.38. The Morgan fingerprint density at radius 1 is 1.17 bits per heavy atom.